The first-order chi connectivity index (χ1) is 12.5. The van der Waals surface area contributed by atoms with Crippen LogP contribution in [0.25, 0.3) is 0 Å². The molecule has 1 N–H and O–H groups in total. The molecule has 26 heavy (non-hydrogen) atoms. The van der Waals surface area contributed by atoms with E-state index < -0.39 is 6.04 Å². The van der Waals surface area contributed by atoms with Gasteiger partial charge in [0.05, 0.1) is 0 Å². The molecule has 5 heteroatoms. The lowest BCUT2D eigenvalue weighted by Gasteiger charge is -2.29. The van der Waals surface area contributed by atoms with Crippen molar-refractivity contribution in [3.63, 3.8) is 0 Å². The number of halogens is 1. The van der Waals surface area contributed by atoms with Crippen LogP contribution in [0.15, 0.2) is 54.6 Å². The summed E-state index contributed by atoms with van der Waals surface area (Å²) in [6.45, 7) is 4.48. The van der Waals surface area contributed by atoms with Crippen molar-refractivity contribution in [1.82, 2.24) is 10.2 Å². The first-order valence-corrected chi connectivity index (χ1v) is 9.25. The lowest BCUT2D eigenvalue weighted by Crippen LogP contribution is -2.47. The van der Waals surface area contributed by atoms with Crippen molar-refractivity contribution >= 4 is 23.4 Å². The van der Waals surface area contributed by atoms with Crippen LogP contribution in [0.5, 0.6) is 0 Å². The van der Waals surface area contributed by atoms with Crippen LogP contribution in [0.2, 0.25) is 5.02 Å². The quantitative estimate of drug-likeness (QED) is 0.755. The third-order valence-corrected chi connectivity index (χ3v) is 4.61. The van der Waals surface area contributed by atoms with Gasteiger partial charge in [-0.3, -0.25) is 9.59 Å². The molecule has 0 aliphatic rings. The minimum absolute atomic E-state index is 0.0169. The number of hydrogen-bond donors (Lipinski definition) is 1. The largest absolute Gasteiger partial charge is 0.350 e. The van der Waals surface area contributed by atoms with Gasteiger partial charge in [0.15, 0.2) is 0 Å². The van der Waals surface area contributed by atoms with E-state index in [2.05, 4.69) is 5.32 Å². The van der Waals surface area contributed by atoms with Crippen molar-refractivity contribution in [2.24, 2.45) is 0 Å². The Morgan fingerprint density at radius 1 is 1.08 bits per heavy atom. The fourth-order valence-electron chi connectivity index (χ4n) is 2.69. The minimum atomic E-state index is -0.559. The maximum absolute atomic E-state index is 12.6. The highest BCUT2D eigenvalue weighted by molar-refractivity contribution is 6.31. The molecule has 0 heterocycles. The maximum atomic E-state index is 12.6. The van der Waals surface area contributed by atoms with Crippen molar-refractivity contribution < 1.29 is 9.59 Å². The minimum Gasteiger partial charge on any atom is -0.350 e. The summed E-state index contributed by atoms with van der Waals surface area (Å²) < 4.78 is 0. The van der Waals surface area contributed by atoms with Crippen molar-refractivity contribution in [2.75, 3.05) is 0 Å². The fourth-order valence-corrected chi connectivity index (χ4v) is 2.89. The molecule has 0 fully saturated rings. The smallest absolute Gasteiger partial charge is 0.242 e. The first kappa shape index (κ1) is 20.0. The zero-order valence-corrected chi connectivity index (χ0v) is 16.0. The molecule has 1 atom stereocenters. The maximum Gasteiger partial charge on any atom is 0.242 e. The summed E-state index contributed by atoms with van der Waals surface area (Å²) in [7, 11) is 0. The third kappa shape index (κ3) is 5.60. The Morgan fingerprint density at radius 2 is 1.73 bits per heavy atom. The normalized spacial score (nSPS) is 11.7. The van der Waals surface area contributed by atoms with Crippen LogP contribution in [0.1, 0.15) is 37.8 Å². The highest BCUT2D eigenvalue weighted by Gasteiger charge is 2.25. The Kier molecular flexibility index (Phi) is 7.67. The highest BCUT2D eigenvalue weighted by atomic mass is 35.5. The van der Waals surface area contributed by atoms with Crippen LogP contribution in [0.3, 0.4) is 0 Å². The van der Waals surface area contributed by atoms with E-state index in [1.807, 2.05) is 55.5 Å². The van der Waals surface area contributed by atoms with Crippen molar-refractivity contribution in [3.8, 4) is 0 Å². The van der Waals surface area contributed by atoms with E-state index in [1.54, 1.807) is 17.9 Å². The molecule has 0 aromatic heterocycles. The molecular weight excluding hydrogens is 348 g/mol. The summed E-state index contributed by atoms with van der Waals surface area (Å²) >= 11 is 6.13. The molecule has 2 aromatic rings. The van der Waals surface area contributed by atoms with E-state index in [1.165, 1.54) is 0 Å². The van der Waals surface area contributed by atoms with Crippen LogP contribution in [-0.2, 0) is 22.7 Å². The molecule has 0 aliphatic heterocycles. The number of rotatable bonds is 8. The van der Waals surface area contributed by atoms with E-state index in [4.69, 9.17) is 11.6 Å². The number of carbonyl (C=O) groups excluding carboxylic acids is 2. The summed E-state index contributed by atoms with van der Waals surface area (Å²) in [5.74, 6) is -0.206. The summed E-state index contributed by atoms with van der Waals surface area (Å²) in [6, 6.07) is 16.5. The van der Waals surface area contributed by atoms with E-state index in [0.717, 1.165) is 17.5 Å². The summed E-state index contributed by atoms with van der Waals surface area (Å²) in [4.78, 5) is 26.8. The molecule has 4 nitrogen and oxygen atoms in total. The second-order valence-corrected chi connectivity index (χ2v) is 6.65. The van der Waals surface area contributed by atoms with Gasteiger partial charge in [-0.2, -0.15) is 0 Å². The van der Waals surface area contributed by atoms with Crippen LogP contribution >= 0.6 is 11.6 Å². The van der Waals surface area contributed by atoms with Gasteiger partial charge in [0.25, 0.3) is 0 Å². The van der Waals surface area contributed by atoms with Gasteiger partial charge in [0, 0.05) is 24.5 Å². The predicted molar refractivity (Wildman–Crippen MR) is 105 cm³/mol. The Hall–Kier alpha value is -2.33. The Balaban J connectivity index is 2.06. The molecule has 0 spiro atoms. The van der Waals surface area contributed by atoms with Crippen molar-refractivity contribution in [3.05, 3.63) is 70.7 Å². The van der Waals surface area contributed by atoms with E-state index in [9.17, 15) is 9.59 Å². The van der Waals surface area contributed by atoms with Gasteiger partial charge in [0.1, 0.15) is 6.04 Å². The number of amides is 2. The van der Waals surface area contributed by atoms with E-state index >= 15 is 0 Å². The SMILES string of the molecule is CCCC(=O)N(Cc1ccccc1)[C@@H](C)C(=O)NCc1ccccc1Cl. The average Bonchev–Trinajstić information content (AvgIpc) is 2.65. The first-order valence-electron chi connectivity index (χ1n) is 8.87. The van der Waals surface area contributed by atoms with Gasteiger partial charge in [-0.05, 0) is 30.5 Å². The zero-order chi connectivity index (χ0) is 18.9. The average molecular weight is 373 g/mol. The van der Waals surface area contributed by atoms with E-state index in [0.29, 0.717) is 24.5 Å². The predicted octanol–water partition coefficient (Wildman–Crippen LogP) is 4.17. The third-order valence-electron chi connectivity index (χ3n) is 4.24. The van der Waals surface area contributed by atoms with Gasteiger partial charge in [0.2, 0.25) is 11.8 Å². The molecule has 0 bridgehead atoms. The van der Waals surface area contributed by atoms with E-state index in [-0.39, 0.29) is 11.8 Å². The van der Waals surface area contributed by atoms with Gasteiger partial charge in [-0.25, -0.2) is 0 Å². The number of carbonyl (C=O) groups is 2. The standard InChI is InChI=1S/C21H25ClN2O2/c1-3-9-20(25)24(15-17-10-5-4-6-11-17)16(2)21(26)23-14-18-12-7-8-13-19(18)22/h4-8,10-13,16H,3,9,14-15H2,1-2H3,(H,23,26)/t16-/m0/s1. The summed E-state index contributed by atoms with van der Waals surface area (Å²) in [5.41, 5.74) is 1.85. The molecule has 138 valence electrons. The highest BCUT2D eigenvalue weighted by Crippen LogP contribution is 2.15. The molecule has 0 unspecified atom stereocenters. The molecule has 0 saturated carbocycles. The van der Waals surface area contributed by atoms with Crippen LogP contribution in [0, 0.1) is 0 Å². The molecule has 2 rings (SSSR count). The molecule has 0 saturated heterocycles. The van der Waals surface area contributed by atoms with Crippen LogP contribution < -0.4 is 5.32 Å². The number of benzene rings is 2. The molecule has 0 radical (unpaired) electrons. The van der Waals surface area contributed by atoms with Crippen LogP contribution in [0.4, 0.5) is 0 Å². The number of nitrogens with one attached hydrogen (secondary N) is 1. The molecule has 2 amide bonds. The second kappa shape index (κ2) is 9.97. The zero-order valence-electron chi connectivity index (χ0n) is 15.2. The van der Waals surface area contributed by atoms with Gasteiger partial charge < -0.3 is 10.2 Å². The van der Waals surface area contributed by atoms with Gasteiger partial charge in [-0.15, -0.1) is 0 Å². The Bertz CT molecular complexity index is 734. The lowest BCUT2D eigenvalue weighted by atomic mass is 10.1. The number of hydrogen-bond acceptors (Lipinski definition) is 2. The molecule has 2 aromatic carbocycles. The summed E-state index contributed by atoms with van der Waals surface area (Å²) in [6.07, 6.45) is 1.17. The topological polar surface area (TPSA) is 49.4 Å². The lowest BCUT2D eigenvalue weighted by molar-refractivity contribution is -0.140. The Labute approximate surface area is 160 Å². The number of nitrogens with zero attached hydrogens (tertiary/aromatic N) is 1. The second-order valence-electron chi connectivity index (χ2n) is 6.24. The van der Waals surface area contributed by atoms with Crippen LogP contribution in [-0.4, -0.2) is 22.8 Å². The van der Waals surface area contributed by atoms with Crippen molar-refractivity contribution in [1.29, 1.82) is 0 Å². The van der Waals surface area contributed by atoms with Gasteiger partial charge in [-0.1, -0.05) is 67.1 Å². The van der Waals surface area contributed by atoms with Gasteiger partial charge >= 0.3 is 0 Å². The monoisotopic (exact) mass is 372 g/mol. The Morgan fingerprint density at radius 3 is 2.38 bits per heavy atom. The molecular formula is C21H25ClN2O2. The fraction of sp³-hybridized carbons (Fsp3) is 0.333. The van der Waals surface area contributed by atoms with Crippen molar-refractivity contribution in [2.45, 2.75) is 45.8 Å². The summed E-state index contributed by atoms with van der Waals surface area (Å²) in [5, 5.41) is 3.50. The molecule has 0 aliphatic carbocycles.